The summed E-state index contributed by atoms with van der Waals surface area (Å²) < 4.78 is 12.7. The lowest BCUT2D eigenvalue weighted by atomic mass is 9.94. The van der Waals surface area contributed by atoms with Crippen molar-refractivity contribution in [1.82, 2.24) is 0 Å². The van der Waals surface area contributed by atoms with Gasteiger partial charge in [-0.2, -0.15) is 0 Å². The molecule has 2 heterocycles. The fourth-order valence-corrected chi connectivity index (χ4v) is 8.18. The first kappa shape index (κ1) is 32.0. The van der Waals surface area contributed by atoms with Crippen molar-refractivity contribution >= 4 is 43.9 Å². The van der Waals surface area contributed by atoms with E-state index in [1.54, 1.807) is 0 Å². The Morgan fingerprint density at radius 1 is 0.179 bits per heavy atom. The molecule has 11 rings (SSSR count). The lowest BCUT2D eigenvalue weighted by Crippen LogP contribution is -1.85. The number of fused-ring (bicyclic) bond motifs is 6. The Hall–Kier alpha value is -7.42. The molecule has 2 heteroatoms. The Kier molecular flexibility index (Phi) is 7.53. The van der Waals surface area contributed by atoms with Crippen LogP contribution >= 0.6 is 0 Å². The van der Waals surface area contributed by atoms with Crippen molar-refractivity contribution in [3.8, 4) is 66.8 Å². The van der Waals surface area contributed by atoms with E-state index in [2.05, 4.69) is 194 Å². The average molecular weight is 715 g/mol. The summed E-state index contributed by atoms with van der Waals surface area (Å²) in [4.78, 5) is 0. The van der Waals surface area contributed by atoms with Crippen molar-refractivity contribution < 1.29 is 8.83 Å². The Morgan fingerprint density at radius 2 is 0.464 bits per heavy atom. The minimum Gasteiger partial charge on any atom is -0.456 e. The highest BCUT2D eigenvalue weighted by Crippen LogP contribution is 2.40. The van der Waals surface area contributed by atoms with Crippen molar-refractivity contribution in [2.45, 2.75) is 0 Å². The Labute approximate surface area is 324 Å². The first-order valence-electron chi connectivity index (χ1n) is 19.1. The van der Waals surface area contributed by atoms with Gasteiger partial charge in [0.25, 0.3) is 0 Å². The summed E-state index contributed by atoms with van der Waals surface area (Å²) in [6, 6.07) is 73.6. The zero-order valence-electron chi connectivity index (χ0n) is 30.4. The third-order valence-corrected chi connectivity index (χ3v) is 11.1. The molecule has 0 saturated carbocycles. The standard InChI is InChI=1S/C54H34O2/c1-3-11-35(12-4-1)37-15-7-16-38(27-37)39-17-8-18-40(28-39)41-19-9-20-42(29-41)43-21-10-22-44(30-43)46-24-26-52-48(32-46)50-33-49-47-31-45(36-13-5-2-6-14-36)23-25-51(47)55-53(49)34-54(50)56-52/h1-34H. The second-order valence-corrected chi connectivity index (χ2v) is 14.5. The molecule has 262 valence electrons. The molecule has 11 aromatic rings. The zero-order valence-corrected chi connectivity index (χ0v) is 30.4. The normalized spacial score (nSPS) is 11.6. The number of rotatable bonds is 6. The maximum Gasteiger partial charge on any atom is 0.139 e. The minimum atomic E-state index is 0.825. The summed E-state index contributed by atoms with van der Waals surface area (Å²) >= 11 is 0. The number of hydrogen-bond acceptors (Lipinski definition) is 2. The van der Waals surface area contributed by atoms with Gasteiger partial charge in [-0.05, 0) is 121 Å². The lowest BCUT2D eigenvalue weighted by molar-refractivity contribution is 0.656. The molecule has 9 aromatic carbocycles. The largest absolute Gasteiger partial charge is 0.456 e. The molecule has 0 bridgehead atoms. The Bertz CT molecular complexity index is 3240. The third kappa shape index (κ3) is 5.68. The van der Waals surface area contributed by atoms with Crippen LogP contribution in [0.15, 0.2) is 215 Å². The summed E-state index contributed by atoms with van der Waals surface area (Å²) in [5, 5.41) is 4.37. The summed E-state index contributed by atoms with van der Waals surface area (Å²) in [5.41, 5.74) is 17.6. The molecule has 0 aliphatic carbocycles. The summed E-state index contributed by atoms with van der Waals surface area (Å²) in [6.45, 7) is 0. The minimum absolute atomic E-state index is 0.825. The van der Waals surface area contributed by atoms with Gasteiger partial charge in [0.2, 0.25) is 0 Å². The van der Waals surface area contributed by atoms with Gasteiger partial charge in [-0.15, -0.1) is 0 Å². The van der Waals surface area contributed by atoms with Crippen LogP contribution in [-0.4, -0.2) is 0 Å². The SMILES string of the molecule is c1ccc(-c2cccc(-c3cccc(-c4cccc(-c5cccc(-c6ccc7oc8cc9oc%10ccc(-c%11ccccc%11)cc%10c9cc8c7c6)c5)c4)c3)c2)cc1. The molecular formula is C54H34O2. The van der Waals surface area contributed by atoms with Crippen LogP contribution in [0.2, 0.25) is 0 Å². The second-order valence-electron chi connectivity index (χ2n) is 14.5. The fraction of sp³-hybridized carbons (Fsp3) is 0. The second kappa shape index (κ2) is 13.2. The molecule has 0 unspecified atom stereocenters. The maximum atomic E-state index is 6.39. The van der Waals surface area contributed by atoms with E-state index >= 15 is 0 Å². The Balaban J connectivity index is 0.931. The van der Waals surface area contributed by atoms with Crippen LogP contribution in [-0.2, 0) is 0 Å². The van der Waals surface area contributed by atoms with Crippen LogP contribution in [0.5, 0.6) is 0 Å². The molecule has 0 aliphatic rings. The number of hydrogen-bond donors (Lipinski definition) is 0. The molecule has 2 nitrogen and oxygen atoms in total. The topological polar surface area (TPSA) is 26.3 Å². The molecule has 2 aromatic heterocycles. The predicted octanol–water partition coefficient (Wildman–Crippen LogP) is 15.5. The van der Waals surface area contributed by atoms with E-state index in [-0.39, 0.29) is 0 Å². The summed E-state index contributed by atoms with van der Waals surface area (Å²) in [6.07, 6.45) is 0. The van der Waals surface area contributed by atoms with Crippen LogP contribution in [0.1, 0.15) is 0 Å². The van der Waals surface area contributed by atoms with Gasteiger partial charge in [0, 0.05) is 27.6 Å². The van der Waals surface area contributed by atoms with Gasteiger partial charge in [-0.1, -0.05) is 146 Å². The molecule has 0 fully saturated rings. The van der Waals surface area contributed by atoms with Gasteiger partial charge in [0.15, 0.2) is 0 Å². The molecule has 0 amide bonds. The first-order valence-corrected chi connectivity index (χ1v) is 19.1. The van der Waals surface area contributed by atoms with Crippen LogP contribution in [0.3, 0.4) is 0 Å². The summed E-state index contributed by atoms with van der Waals surface area (Å²) in [5.74, 6) is 0. The van der Waals surface area contributed by atoms with Gasteiger partial charge in [0.05, 0.1) is 0 Å². The highest BCUT2D eigenvalue weighted by molar-refractivity contribution is 6.16. The third-order valence-electron chi connectivity index (χ3n) is 11.1. The van der Waals surface area contributed by atoms with Gasteiger partial charge in [-0.3, -0.25) is 0 Å². The molecule has 0 aliphatic heterocycles. The molecule has 0 N–H and O–H groups in total. The van der Waals surface area contributed by atoms with Crippen molar-refractivity contribution in [2.24, 2.45) is 0 Å². The van der Waals surface area contributed by atoms with Gasteiger partial charge < -0.3 is 8.83 Å². The van der Waals surface area contributed by atoms with Crippen LogP contribution < -0.4 is 0 Å². The van der Waals surface area contributed by atoms with Crippen LogP contribution in [0.25, 0.3) is 111 Å². The van der Waals surface area contributed by atoms with E-state index in [4.69, 9.17) is 8.83 Å². The highest BCUT2D eigenvalue weighted by atomic mass is 16.3. The quantitative estimate of drug-likeness (QED) is 0.171. The fourth-order valence-electron chi connectivity index (χ4n) is 8.18. The van der Waals surface area contributed by atoms with Crippen molar-refractivity contribution in [3.63, 3.8) is 0 Å². The molecule has 0 radical (unpaired) electrons. The van der Waals surface area contributed by atoms with E-state index in [0.717, 1.165) is 55.0 Å². The van der Waals surface area contributed by atoms with E-state index in [9.17, 15) is 0 Å². The van der Waals surface area contributed by atoms with Gasteiger partial charge >= 0.3 is 0 Å². The monoisotopic (exact) mass is 714 g/mol. The molecule has 0 atom stereocenters. The van der Waals surface area contributed by atoms with E-state index < -0.39 is 0 Å². The number of furan rings is 2. The average Bonchev–Trinajstić information content (AvgIpc) is 3.82. The number of benzene rings is 9. The predicted molar refractivity (Wildman–Crippen MR) is 234 cm³/mol. The Morgan fingerprint density at radius 3 is 0.839 bits per heavy atom. The van der Waals surface area contributed by atoms with Crippen molar-refractivity contribution in [3.05, 3.63) is 206 Å². The van der Waals surface area contributed by atoms with Crippen LogP contribution in [0, 0.1) is 0 Å². The van der Waals surface area contributed by atoms with Crippen molar-refractivity contribution in [1.29, 1.82) is 0 Å². The van der Waals surface area contributed by atoms with E-state index in [0.29, 0.717) is 0 Å². The molecular weight excluding hydrogens is 681 g/mol. The van der Waals surface area contributed by atoms with Crippen molar-refractivity contribution in [2.75, 3.05) is 0 Å². The zero-order chi connectivity index (χ0) is 37.0. The van der Waals surface area contributed by atoms with Gasteiger partial charge in [-0.25, -0.2) is 0 Å². The first-order chi connectivity index (χ1) is 27.7. The lowest BCUT2D eigenvalue weighted by Gasteiger charge is -2.11. The van der Waals surface area contributed by atoms with Crippen LogP contribution in [0.4, 0.5) is 0 Å². The summed E-state index contributed by atoms with van der Waals surface area (Å²) in [7, 11) is 0. The molecule has 0 saturated heterocycles. The maximum absolute atomic E-state index is 6.39. The molecule has 56 heavy (non-hydrogen) atoms. The van der Waals surface area contributed by atoms with E-state index in [1.165, 1.54) is 55.6 Å². The highest BCUT2D eigenvalue weighted by Gasteiger charge is 2.15. The molecule has 0 spiro atoms. The van der Waals surface area contributed by atoms with E-state index in [1.807, 2.05) is 12.1 Å². The smallest absolute Gasteiger partial charge is 0.139 e. The van der Waals surface area contributed by atoms with Gasteiger partial charge in [0.1, 0.15) is 22.3 Å².